The molecule has 1 atom stereocenters. The van der Waals surface area contributed by atoms with Crippen LogP contribution in [0.25, 0.3) is 0 Å². The van der Waals surface area contributed by atoms with Crippen molar-refractivity contribution < 1.29 is 4.74 Å². The molecular weight excluding hydrogens is 391 g/mol. The zero-order valence-corrected chi connectivity index (χ0v) is 14.3. The summed E-state index contributed by atoms with van der Waals surface area (Å²) < 4.78 is 7.45. The van der Waals surface area contributed by atoms with E-state index in [1.54, 1.807) is 0 Å². The summed E-state index contributed by atoms with van der Waals surface area (Å²) in [6.45, 7) is 2.64. The number of hydrogen-bond donors (Lipinski definition) is 0. The van der Waals surface area contributed by atoms with E-state index in [2.05, 4.69) is 31.9 Å². The van der Waals surface area contributed by atoms with Crippen molar-refractivity contribution in [3.63, 3.8) is 0 Å². The lowest BCUT2D eigenvalue weighted by atomic mass is 10.0. The molecule has 0 bridgehead atoms. The molecule has 2 aromatic carbocycles. The lowest BCUT2D eigenvalue weighted by Crippen LogP contribution is -1.96. The number of halogens is 3. The Labute approximate surface area is 135 Å². The maximum absolute atomic E-state index is 6.55. The molecule has 0 heterocycles. The van der Waals surface area contributed by atoms with Crippen LogP contribution in [0.5, 0.6) is 5.75 Å². The Kier molecular flexibility index (Phi) is 5.31. The third kappa shape index (κ3) is 3.74. The molecule has 0 saturated heterocycles. The molecule has 0 fully saturated rings. The predicted molar refractivity (Wildman–Crippen MR) is 87.1 cm³/mol. The van der Waals surface area contributed by atoms with Gasteiger partial charge in [0.1, 0.15) is 5.75 Å². The second-order valence-corrected chi connectivity index (χ2v) is 6.24. The Morgan fingerprint density at radius 1 is 1.11 bits per heavy atom. The Morgan fingerprint density at radius 3 is 2.42 bits per heavy atom. The fourth-order valence-corrected chi connectivity index (χ4v) is 3.10. The molecule has 0 aliphatic rings. The van der Waals surface area contributed by atoms with Crippen LogP contribution in [-0.2, 0) is 0 Å². The van der Waals surface area contributed by atoms with Crippen molar-refractivity contribution in [1.29, 1.82) is 0 Å². The van der Waals surface area contributed by atoms with E-state index in [9.17, 15) is 0 Å². The molecule has 19 heavy (non-hydrogen) atoms. The van der Waals surface area contributed by atoms with Crippen molar-refractivity contribution in [2.24, 2.45) is 0 Å². The van der Waals surface area contributed by atoms with Gasteiger partial charge in [0.05, 0.1) is 12.0 Å². The Balaban J connectivity index is 2.27. The van der Waals surface area contributed by atoms with E-state index in [0.717, 1.165) is 25.8 Å². The molecule has 0 spiro atoms. The molecule has 0 aliphatic carbocycles. The van der Waals surface area contributed by atoms with Crippen LogP contribution in [0.2, 0.25) is 0 Å². The van der Waals surface area contributed by atoms with E-state index in [1.807, 2.05) is 49.4 Å². The normalized spacial score (nSPS) is 12.2. The minimum atomic E-state index is -0.192. The van der Waals surface area contributed by atoms with E-state index in [0.29, 0.717) is 6.61 Å². The largest absolute Gasteiger partial charge is 0.494 e. The van der Waals surface area contributed by atoms with Gasteiger partial charge in [-0.25, -0.2) is 0 Å². The number of hydrogen-bond acceptors (Lipinski definition) is 1. The summed E-state index contributed by atoms with van der Waals surface area (Å²) in [6, 6.07) is 13.9. The van der Waals surface area contributed by atoms with Crippen molar-refractivity contribution in [2.75, 3.05) is 6.61 Å². The van der Waals surface area contributed by atoms with Gasteiger partial charge in [-0.3, -0.25) is 0 Å². The minimum Gasteiger partial charge on any atom is -0.494 e. The third-order valence-electron chi connectivity index (χ3n) is 2.71. The minimum absolute atomic E-state index is 0.192. The van der Waals surface area contributed by atoms with Gasteiger partial charge in [-0.15, -0.1) is 11.6 Å². The zero-order chi connectivity index (χ0) is 13.8. The number of ether oxygens (including phenoxy) is 1. The van der Waals surface area contributed by atoms with Crippen LogP contribution < -0.4 is 4.74 Å². The summed E-state index contributed by atoms with van der Waals surface area (Å²) >= 11 is 13.6. The molecule has 0 aliphatic heterocycles. The Hall–Kier alpha value is -0.510. The lowest BCUT2D eigenvalue weighted by Gasteiger charge is -2.13. The number of benzene rings is 2. The first-order valence-corrected chi connectivity index (χ1v) is 7.96. The highest BCUT2D eigenvalue weighted by Crippen LogP contribution is 2.35. The van der Waals surface area contributed by atoms with Crippen LogP contribution in [0.15, 0.2) is 51.4 Å². The van der Waals surface area contributed by atoms with Gasteiger partial charge in [0, 0.05) is 8.95 Å². The van der Waals surface area contributed by atoms with Gasteiger partial charge < -0.3 is 4.74 Å². The highest BCUT2D eigenvalue weighted by atomic mass is 79.9. The number of rotatable bonds is 4. The molecule has 2 aromatic rings. The summed E-state index contributed by atoms with van der Waals surface area (Å²) in [6.07, 6.45) is 0. The summed E-state index contributed by atoms with van der Waals surface area (Å²) in [4.78, 5) is 0. The first kappa shape index (κ1) is 14.9. The van der Waals surface area contributed by atoms with E-state index in [4.69, 9.17) is 16.3 Å². The van der Waals surface area contributed by atoms with E-state index < -0.39 is 0 Å². The average Bonchev–Trinajstić information content (AvgIpc) is 2.42. The van der Waals surface area contributed by atoms with Crippen molar-refractivity contribution >= 4 is 43.5 Å². The lowest BCUT2D eigenvalue weighted by molar-refractivity contribution is 0.340. The molecule has 1 nitrogen and oxygen atoms in total. The van der Waals surface area contributed by atoms with Crippen molar-refractivity contribution in [1.82, 2.24) is 0 Å². The molecular formula is C15H13Br2ClO. The quantitative estimate of drug-likeness (QED) is 0.573. The molecule has 4 heteroatoms. The predicted octanol–water partition coefficient (Wildman–Crippen LogP) is 5.94. The van der Waals surface area contributed by atoms with Gasteiger partial charge in [-0.05, 0) is 48.4 Å². The van der Waals surface area contributed by atoms with Gasteiger partial charge in [0.2, 0.25) is 0 Å². The summed E-state index contributed by atoms with van der Waals surface area (Å²) in [5, 5.41) is -0.192. The SMILES string of the molecule is CCOc1ccc(C(Cl)c2cc(Br)ccc2Br)cc1. The van der Waals surface area contributed by atoms with Gasteiger partial charge in [-0.1, -0.05) is 44.0 Å². The molecule has 0 amide bonds. The summed E-state index contributed by atoms with van der Waals surface area (Å²) in [7, 11) is 0. The monoisotopic (exact) mass is 402 g/mol. The average molecular weight is 405 g/mol. The first-order valence-electron chi connectivity index (χ1n) is 5.93. The smallest absolute Gasteiger partial charge is 0.119 e. The van der Waals surface area contributed by atoms with Crippen LogP contribution in [-0.4, -0.2) is 6.61 Å². The maximum Gasteiger partial charge on any atom is 0.119 e. The summed E-state index contributed by atoms with van der Waals surface area (Å²) in [5.41, 5.74) is 2.09. The second kappa shape index (κ2) is 6.78. The van der Waals surface area contributed by atoms with Crippen LogP contribution in [0.3, 0.4) is 0 Å². The zero-order valence-electron chi connectivity index (χ0n) is 10.4. The second-order valence-electron chi connectivity index (χ2n) is 4.03. The third-order valence-corrected chi connectivity index (χ3v) is 4.42. The van der Waals surface area contributed by atoms with Gasteiger partial charge >= 0.3 is 0 Å². The van der Waals surface area contributed by atoms with E-state index in [-0.39, 0.29) is 5.38 Å². The molecule has 2 rings (SSSR count). The van der Waals surface area contributed by atoms with Crippen molar-refractivity contribution in [2.45, 2.75) is 12.3 Å². The van der Waals surface area contributed by atoms with Crippen molar-refractivity contribution in [3.8, 4) is 5.75 Å². The Morgan fingerprint density at radius 2 is 1.79 bits per heavy atom. The molecule has 0 saturated carbocycles. The molecule has 0 aromatic heterocycles. The van der Waals surface area contributed by atoms with Crippen LogP contribution in [0.4, 0.5) is 0 Å². The van der Waals surface area contributed by atoms with Gasteiger partial charge in [0.15, 0.2) is 0 Å². The first-order chi connectivity index (χ1) is 9.11. The molecule has 100 valence electrons. The molecule has 0 radical (unpaired) electrons. The van der Waals surface area contributed by atoms with E-state index >= 15 is 0 Å². The fourth-order valence-electron chi connectivity index (χ4n) is 1.79. The topological polar surface area (TPSA) is 9.23 Å². The standard InChI is InChI=1S/C15H13Br2ClO/c1-2-19-12-6-3-10(4-7-12)15(18)13-9-11(16)5-8-14(13)17/h3-9,15H,2H2,1H3. The highest BCUT2D eigenvalue weighted by Gasteiger charge is 2.14. The van der Waals surface area contributed by atoms with E-state index in [1.165, 1.54) is 0 Å². The molecule has 1 unspecified atom stereocenters. The fraction of sp³-hybridized carbons (Fsp3) is 0.200. The van der Waals surface area contributed by atoms with Crippen LogP contribution in [0, 0.1) is 0 Å². The van der Waals surface area contributed by atoms with Crippen LogP contribution >= 0.6 is 43.5 Å². The maximum atomic E-state index is 6.55. The summed E-state index contributed by atoms with van der Waals surface area (Å²) in [5.74, 6) is 0.864. The van der Waals surface area contributed by atoms with Crippen LogP contribution in [0.1, 0.15) is 23.4 Å². The van der Waals surface area contributed by atoms with Crippen molar-refractivity contribution in [3.05, 3.63) is 62.5 Å². The Bertz CT molecular complexity index is 555. The van der Waals surface area contributed by atoms with Gasteiger partial charge in [0.25, 0.3) is 0 Å². The highest BCUT2D eigenvalue weighted by molar-refractivity contribution is 9.11. The number of alkyl halides is 1. The molecule has 0 N–H and O–H groups in total. The van der Waals surface area contributed by atoms with Gasteiger partial charge in [-0.2, -0.15) is 0 Å².